The van der Waals surface area contributed by atoms with Crippen LogP contribution in [0.3, 0.4) is 0 Å². The van der Waals surface area contributed by atoms with Crippen LogP contribution >= 0.6 is 0 Å². The second-order valence-electron chi connectivity index (χ2n) is 3.44. The lowest BCUT2D eigenvalue weighted by Gasteiger charge is -2.20. The third kappa shape index (κ3) is 3.19. The predicted octanol–water partition coefficient (Wildman–Crippen LogP) is 1.39. The van der Waals surface area contributed by atoms with Crippen molar-refractivity contribution in [2.75, 3.05) is 5.32 Å². The molecule has 0 aliphatic carbocycles. The van der Waals surface area contributed by atoms with Gasteiger partial charge in [-0.05, 0) is 5.92 Å². The number of rotatable bonds is 5. The van der Waals surface area contributed by atoms with Gasteiger partial charge in [0.2, 0.25) is 0 Å². The standard InChI is InChI=1S/C10H15N3O2/c1-3-7(2)9(10(14)15)13-8-6-11-4-5-12-8/h4-7,9H,3H2,1-2H3,(H,12,13)(H,14,15)/t7-,9-/m0/s1. The summed E-state index contributed by atoms with van der Waals surface area (Å²) in [5.41, 5.74) is 0. The lowest BCUT2D eigenvalue weighted by molar-refractivity contribution is -0.139. The van der Waals surface area contributed by atoms with Crippen LogP contribution in [-0.4, -0.2) is 27.1 Å². The van der Waals surface area contributed by atoms with E-state index in [0.29, 0.717) is 5.82 Å². The van der Waals surface area contributed by atoms with E-state index < -0.39 is 12.0 Å². The van der Waals surface area contributed by atoms with Crippen LogP contribution in [0.5, 0.6) is 0 Å². The van der Waals surface area contributed by atoms with E-state index in [1.165, 1.54) is 12.4 Å². The summed E-state index contributed by atoms with van der Waals surface area (Å²) in [6.07, 6.45) is 5.38. The molecule has 1 aromatic heterocycles. The molecule has 0 fully saturated rings. The van der Waals surface area contributed by atoms with Crippen LogP contribution in [0.25, 0.3) is 0 Å². The van der Waals surface area contributed by atoms with Gasteiger partial charge in [-0.25, -0.2) is 9.78 Å². The Balaban J connectivity index is 2.71. The molecule has 0 saturated carbocycles. The normalized spacial score (nSPS) is 14.3. The molecular weight excluding hydrogens is 194 g/mol. The first kappa shape index (κ1) is 11.4. The van der Waals surface area contributed by atoms with Crippen molar-refractivity contribution in [1.82, 2.24) is 9.97 Å². The van der Waals surface area contributed by atoms with Crippen molar-refractivity contribution in [1.29, 1.82) is 0 Å². The van der Waals surface area contributed by atoms with E-state index in [1.807, 2.05) is 13.8 Å². The Morgan fingerprint density at radius 3 is 2.80 bits per heavy atom. The van der Waals surface area contributed by atoms with Crippen molar-refractivity contribution >= 4 is 11.8 Å². The molecule has 1 heterocycles. The van der Waals surface area contributed by atoms with Gasteiger partial charge in [-0.15, -0.1) is 0 Å². The van der Waals surface area contributed by atoms with Crippen LogP contribution in [0.2, 0.25) is 0 Å². The average molecular weight is 209 g/mol. The predicted molar refractivity (Wildman–Crippen MR) is 56.5 cm³/mol. The zero-order valence-electron chi connectivity index (χ0n) is 8.84. The van der Waals surface area contributed by atoms with Crippen LogP contribution < -0.4 is 5.32 Å². The molecule has 5 nitrogen and oxygen atoms in total. The molecular formula is C10H15N3O2. The molecule has 0 aromatic carbocycles. The van der Waals surface area contributed by atoms with Crippen molar-refractivity contribution in [2.45, 2.75) is 26.3 Å². The van der Waals surface area contributed by atoms with Crippen LogP contribution in [0.4, 0.5) is 5.82 Å². The number of hydrogen-bond acceptors (Lipinski definition) is 4. The smallest absolute Gasteiger partial charge is 0.326 e. The third-order valence-electron chi connectivity index (χ3n) is 2.35. The van der Waals surface area contributed by atoms with Gasteiger partial charge in [-0.1, -0.05) is 20.3 Å². The van der Waals surface area contributed by atoms with Crippen molar-refractivity contribution < 1.29 is 9.90 Å². The second kappa shape index (κ2) is 5.29. The maximum absolute atomic E-state index is 11.0. The molecule has 0 spiro atoms. The number of carboxylic acid groups (broad SMARTS) is 1. The number of carboxylic acids is 1. The molecule has 2 atom stereocenters. The van der Waals surface area contributed by atoms with Gasteiger partial charge in [0.25, 0.3) is 0 Å². The van der Waals surface area contributed by atoms with Crippen LogP contribution in [0, 0.1) is 5.92 Å². The minimum atomic E-state index is -0.866. The van der Waals surface area contributed by atoms with E-state index in [1.54, 1.807) is 6.20 Å². The highest BCUT2D eigenvalue weighted by Crippen LogP contribution is 2.12. The van der Waals surface area contributed by atoms with Gasteiger partial charge in [-0.2, -0.15) is 0 Å². The Labute approximate surface area is 88.6 Å². The fourth-order valence-electron chi connectivity index (χ4n) is 1.22. The molecule has 0 aliphatic rings. The molecule has 0 bridgehead atoms. The summed E-state index contributed by atoms with van der Waals surface area (Å²) < 4.78 is 0. The molecule has 0 saturated heterocycles. The largest absolute Gasteiger partial charge is 0.480 e. The molecule has 2 N–H and O–H groups in total. The summed E-state index contributed by atoms with van der Waals surface area (Å²) in [6.45, 7) is 3.85. The second-order valence-corrected chi connectivity index (χ2v) is 3.44. The maximum atomic E-state index is 11.0. The minimum Gasteiger partial charge on any atom is -0.480 e. The third-order valence-corrected chi connectivity index (χ3v) is 2.35. The SMILES string of the molecule is CC[C@H](C)[C@H](Nc1cnccn1)C(=O)O. The summed E-state index contributed by atoms with van der Waals surface area (Å²) in [6, 6.07) is -0.619. The lowest BCUT2D eigenvalue weighted by Crippen LogP contribution is -2.35. The van der Waals surface area contributed by atoms with Crippen LogP contribution in [0.15, 0.2) is 18.6 Å². The summed E-state index contributed by atoms with van der Waals surface area (Å²) in [5.74, 6) is -0.329. The van der Waals surface area contributed by atoms with Gasteiger partial charge in [0, 0.05) is 12.4 Å². The number of nitrogens with zero attached hydrogens (tertiary/aromatic N) is 2. The number of nitrogens with one attached hydrogen (secondary N) is 1. The minimum absolute atomic E-state index is 0.0458. The highest BCUT2D eigenvalue weighted by molar-refractivity contribution is 5.77. The van der Waals surface area contributed by atoms with E-state index in [2.05, 4.69) is 15.3 Å². The molecule has 0 radical (unpaired) electrons. The Morgan fingerprint density at radius 2 is 2.33 bits per heavy atom. The van der Waals surface area contributed by atoms with Gasteiger partial charge in [0.1, 0.15) is 11.9 Å². The molecule has 1 aromatic rings. The zero-order chi connectivity index (χ0) is 11.3. The first-order valence-electron chi connectivity index (χ1n) is 4.90. The Morgan fingerprint density at radius 1 is 1.60 bits per heavy atom. The fourth-order valence-corrected chi connectivity index (χ4v) is 1.22. The molecule has 82 valence electrons. The molecule has 1 rings (SSSR count). The van der Waals surface area contributed by atoms with Crippen LogP contribution in [-0.2, 0) is 4.79 Å². The highest BCUT2D eigenvalue weighted by Gasteiger charge is 2.23. The lowest BCUT2D eigenvalue weighted by atomic mass is 9.99. The zero-order valence-corrected chi connectivity index (χ0v) is 8.84. The van der Waals surface area contributed by atoms with Gasteiger partial charge in [-0.3, -0.25) is 4.98 Å². The first-order chi connectivity index (χ1) is 7.15. The monoisotopic (exact) mass is 209 g/mol. The van der Waals surface area contributed by atoms with Gasteiger partial charge in [0.15, 0.2) is 0 Å². The Bertz CT molecular complexity index is 316. The fraction of sp³-hybridized carbons (Fsp3) is 0.500. The van der Waals surface area contributed by atoms with Crippen molar-refractivity contribution in [3.63, 3.8) is 0 Å². The Kier molecular flexibility index (Phi) is 4.03. The van der Waals surface area contributed by atoms with E-state index in [0.717, 1.165) is 6.42 Å². The van der Waals surface area contributed by atoms with Crippen molar-refractivity contribution in [2.24, 2.45) is 5.92 Å². The summed E-state index contributed by atoms with van der Waals surface area (Å²) in [4.78, 5) is 18.8. The van der Waals surface area contributed by atoms with Crippen molar-refractivity contribution in [3.05, 3.63) is 18.6 Å². The summed E-state index contributed by atoms with van der Waals surface area (Å²) >= 11 is 0. The van der Waals surface area contributed by atoms with Gasteiger partial charge in [0.05, 0.1) is 6.20 Å². The van der Waals surface area contributed by atoms with E-state index >= 15 is 0 Å². The maximum Gasteiger partial charge on any atom is 0.326 e. The number of aliphatic carboxylic acids is 1. The van der Waals surface area contributed by atoms with Crippen LogP contribution in [0.1, 0.15) is 20.3 Å². The first-order valence-corrected chi connectivity index (χ1v) is 4.90. The molecule has 0 aliphatic heterocycles. The number of hydrogen-bond donors (Lipinski definition) is 2. The molecule has 0 unspecified atom stereocenters. The molecule has 15 heavy (non-hydrogen) atoms. The quantitative estimate of drug-likeness (QED) is 0.766. The van der Waals surface area contributed by atoms with E-state index in [-0.39, 0.29) is 5.92 Å². The highest BCUT2D eigenvalue weighted by atomic mass is 16.4. The van der Waals surface area contributed by atoms with E-state index in [9.17, 15) is 4.79 Å². The number of aromatic nitrogens is 2. The van der Waals surface area contributed by atoms with Gasteiger partial charge >= 0.3 is 5.97 Å². The number of carbonyl (C=O) groups is 1. The molecule has 0 amide bonds. The summed E-state index contributed by atoms with van der Waals surface area (Å²) in [5, 5.41) is 11.9. The van der Waals surface area contributed by atoms with E-state index in [4.69, 9.17) is 5.11 Å². The number of anilines is 1. The van der Waals surface area contributed by atoms with Crippen molar-refractivity contribution in [3.8, 4) is 0 Å². The topological polar surface area (TPSA) is 75.1 Å². The molecule has 5 heteroatoms. The summed E-state index contributed by atoms with van der Waals surface area (Å²) in [7, 11) is 0. The van der Waals surface area contributed by atoms with Gasteiger partial charge < -0.3 is 10.4 Å². The Hall–Kier alpha value is -1.65. The average Bonchev–Trinajstić information content (AvgIpc) is 2.26.